The molecule has 0 unspecified atom stereocenters. The first kappa shape index (κ1) is 19.4. The summed E-state index contributed by atoms with van der Waals surface area (Å²) in [5.41, 5.74) is 0. The summed E-state index contributed by atoms with van der Waals surface area (Å²) in [6, 6.07) is 0. The molecule has 0 saturated carbocycles. The number of hydrogen-bond acceptors (Lipinski definition) is 2. The van der Waals surface area contributed by atoms with Crippen LogP contribution >= 0.6 is 0 Å². The highest BCUT2D eigenvalue weighted by atomic mass is 16.5. The van der Waals surface area contributed by atoms with E-state index in [0.29, 0.717) is 13.0 Å². The molecular weight excluding hydrogens is 252 g/mol. The average Bonchev–Trinajstić information content (AvgIpc) is 2.43. The van der Waals surface area contributed by atoms with Crippen LogP contribution in [0.5, 0.6) is 0 Å². The Bertz CT molecular complexity index is 204. The van der Waals surface area contributed by atoms with Gasteiger partial charge in [0, 0.05) is 19.6 Å². The van der Waals surface area contributed by atoms with Crippen LogP contribution in [0.3, 0.4) is 0 Å². The lowest BCUT2D eigenvalue weighted by molar-refractivity contribution is -0.137. The molecule has 0 atom stereocenters. The van der Waals surface area contributed by atoms with E-state index in [0.717, 1.165) is 13.0 Å². The van der Waals surface area contributed by atoms with Crippen LogP contribution in [0.15, 0.2) is 0 Å². The highest BCUT2D eigenvalue weighted by molar-refractivity contribution is 5.66. The number of carboxylic acid groups (broad SMARTS) is 1. The molecule has 0 amide bonds. The Labute approximate surface area is 125 Å². The third-order valence-corrected chi connectivity index (χ3v) is 3.57. The molecule has 0 fully saturated rings. The van der Waals surface area contributed by atoms with E-state index in [2.05, 4.69) is 6.92 Å². The number of carbonyl (C=O) groups is 1. The van der Waals surface area contributed by atoms with Crippen LogP contribution in [0.25, 0.3) is 0 Å². The topological polar surface area (TPSA) is 46.5 Å². The fraction of sp³-hybridized carbons (Fsp3) is 0.941. The van der Waals surface area contributed by atoms with Crippen molar-refractivity contribution in [1.29, 1.82) is 0 Å². The second kappa shape index (κ2) is 16.5. The molecule has 20 heavy (non-hydrogen) atoms. The third kappa shape index (κ3) is 17.4. The molecule has 0 aliphatic carbocycles. The molecule has 0 aliphatic heterocycles. The lowest BCUT2D eigenvalue weighted by Crippen LogP contribution is -2.01. The molecule has 0 aromatic heterocycles. The first-order valence-electron chi connectivity index (χ1n) is 8.57. The number of rotatable bonds is 16. The smallest absolute Gasteiger partial charge is 0.303 e. The predicted molar refractivity (Wildman–Crippen MR) is 84.1 cm³/mol. The van der Waals surface area contributed by atoms with Gasteiger partial charge >= 0.3 is 5.97 Å². The van der Waals surface area contributed by atoms with E-state index in [4.69, 9.17) is 9.84 Å². The summed E-state index contributed by atoms with van der Waals surface area (Å²) < 4.78 is 5.40. The van der Waals surface area contributed by atoms with Crippen molar-refractivity contribution in [2.75, 3.05) is 13.2 Å². The fourth-order valence-electron chi connectivity index (χ4n) is 2.30. The molecule has 0 aromatic carbocycles. The van der Waals surface area contributed by atoms with E-state index in [1.54, 1.807) is 0 Å². The van der Waals surface area contributed by atoms with Crippen molar-refractivity contribution in [2.45, 2.75) is 90.4 Å². The van der Waals surface area contributed by atoms with Crippen molar-refractivity contribution >= 4 is 5.97 Å². The average molecular weight is 286 g/mol. The Hall–Kier alpha value is -0.570. The van der Waals surface area contributed by atoms with Gasteiger partial charge in [0.05, 0.1) is 0 Å². The van der Waals surface area contributed by atoms with E-state index in [1.807, 2.05) is 0 Å². The van der Waals surface area contributed by atoms with Crippen LogP contribution in [0.1, 0.15) is 90.4 Å². The van der Waals surface area contributed by atoms with Gasteiger partial charge in [-0.05, 0) is 12.8 Å². The summed E-state index contributed by atoms with van der Waals surface area (Å²) in [5.74, 6) is -0.733. The van der Waals surface area contributed by atoms with E-state index < -0.39 is 5.97 Å². The van der Waals surface area contributed by atoms with Crippen LogP contribution < -0.4 is 0 Å². The number of hydrogen-bond donors (Lipinski definition) is 1. The van der Waals surface area contributed by atoms with E-state index in [9.17, 15) is 4.79 Å². The van der Waals surface area contributed by atoms with Gasteiger partial charge in [0.25, 0.3) is 0 Å². The lowest BCUT2D eigenvalue weighted by atomic mass is 10.1. The molecule has 3 nitrogen and oxygen atoms in total. The first-order valence-corrected chi connectivity index (χ1v) is 8.57. The van der Waals surface area contributed by atoms with Crippen molar-refractivity contribution in [3.63, 3.8) is 0 Å². The minimum Gasteiger partial charge on any atom is -0.481 e. The maximum atomic E-state index is 10.3. The SMILES string of the molecule is CCCCCCCCCCCCCOCCCC(=O)O. The van der Waals surface area contributed by atoms with Gasteiger partial charge in [-0.25, -0.2) is 0 Å². The number of aliphatic carboxylic acids is 1. The monoisotopic (exact) mass is 286 g/mol. The number of unbranched alkanes of at least 4 members (excludes halogenated alkanes) is 10. The molecule has 0 aliphatic rings. The Morgan fingerprint density at radius 2 is 1.20 bits per heavy atom. The Balaban J connectivity index is 2.94. The second-order valence-electron chi connectivity index (χ2n) is 5.65. The number of ether oxygens (including phenoxy) is 1. The molecule has 0 spiro atoms. The second-order valence-corrected chi connectivity index (χ2v) is 5.65. The third-order valence-electron chi connectivity index (χ3n) is 3.57. The van der Waals surface area contributed by atoms with Crippen molar-refractivity contribution in [1.82, 2.24) is 0 Å². The number of carboxylic acids is 1. The van der Waals surface area contributed by atoms with Crippen LogP contribution in [-0.2, 0) is 9.53 Å². The van der Waals surface area contributed by atoms with E-state index in [1.165, 1.54) is 64.2 Å². The highest BCUT2D eigenvalue weighted by Gasteiger charge is 1.96. The fourth-order valence-corrected chi connectivity index (χ4v) is 2.30. The molecule has 0 bridgehead atoms. The quantitative estimate of drug-likeness (QED) is 0.398. The molecule has 0 heterocycles. The van der Waals surface area contributed by atoms with Gasteiger partial charge < -0.3 is 9.84 Å². The van der Waals surface area contributed by atoms with Crippen molar-refractivity contribution in [3.8, 4) is 0 Å². The van der Waals surface area contributed by atoms with Crippen LogP contribution in [0, 0.1) is 0 Å². The zero-order valence-electron chi connectivity index (χ0n) is 13.4. The van der Waals surface area contributed by atoms with Crippen molar-refractivity contribution in [2.24, 2.45) is 0 Å². The summed E-state index contributed by atoms with van der Waals surface area (Å²) in [4.78, 5) is 10.3. The first-order chi connectivity index (χ1) is 9.77. The molecule has 0 rings (SSSR count). The molecule has 0 saturated heterocycles. The minimum absolute atomic E-state index is 0.220. The Morgan fingerprint density at radius 3 is 1.70 bits per heavy atom. The van der Waals surface area contributed by atoms with Gasteiger partial charge in [0.2, 0.25) is 0 Å². The van der Waals surface area contributed by atoms with Crippen LogP contribution in [-0.4, -0.2) is 24.3 Å². The summed E-state index contributed by atoms with van der Waals surface area (Å²) in [7, 11) is 0. The maximum absolute atomic E-state index is 10.3. The molecule has 1 N–H and O–H groups in total. The molecule has 0 radical (unpaired) electrons. The molecule has 0 aromatic rings. The molecule has 120 valence electrons. The van der Waals surface area contributed by atoms with Crippen LogP contribution in [0.4, 0.5) is 0 Å². The van der Waals surface area contributed by atoms with E-state index >= 15 is 0 Å². The maximum Gasteiger partial charge on any atom is 0.303 e. The Kier molecular flexibility index (Phi) is 16.0. The molecule has 3 heteroatoms. The van der Waals surface area contributed by atoms with Gasteiger partial charge in [-0.1, -0.05) is 71.1 Å². The predicted octanol–water partition coefficient (Wildman–Crippen LogP) is 5.18. The normalized spacial score (nSPS) is 10.8. The minimum atomic E-state index is -0.733. The summed E-state index contributed by atoms with van der Waals surface area (Å²) >= 11 is 0. The largest absolute Gasteiger partial charge is 0.481 e. The summed E-state index contributed by atoms with van der Waals surface area (Å²) in [6.45, 7) is 3.64. The van der Waals surface area contributed by atoms with Crippen LogP contribution in [0.2, 0.25) is 0 Å². The zero-order chi connectivity index (χ0) is 14.9. The van der Waals surface area contributed by atoms with Crippen molar-refractivity contribution in [3.05, 3.63) is 0 Å². The van der Waals surface area contributed by atoms with Gasteiger partial charge in [-0.3, -0.25) is 4.79 Å². The van der Waals surface area contributed by atoms with Gasteiger partial charge in [-0.15, -0.1) is 0 Å². The highest BCUT2D eigenvalue weighted by Crippen LogP contribution is 2.11. The van der Waals surface area contributed by atoms with Gasteiger partial charge in [0.15, 0.2) is 0 Å². The Morgan fingerprint density at radius 1 is 0.750 bits per heavy atom. The zero-order valence-corrected chi connectivity index (χ0v) is 13.4. The van der Waals surface area contributed by atoms with E-state index in [-0.39, 0.29) is 6.42 Å². The van der Waals surface area contributed by atoms with Gasteiger partial charge in [-0.2, -0.15) is 0 Å². The lowest BCUT2D eigenvalue weighted by Gasteiger charge is -2.04. The summed E-state index contributed by atoms with van der Waals surface area (Å²) in [6.07, 6.45) is 15.6. The van der Waals surface area contributed by atoms with Gasteiger partial charge in [0.1, 0.15) is 0 Å². The molecular formula is C17H34O3. The standard InChI is InChI=1S/C17H34O3/c1-2-3-4-5-6-7-8-9-10-11-12-15-20-16-13-14-17(18)19/h2-16H2,1H3,(H,18,19). The van der Waals surface area contributed by atoms with Crippen molar-refractivity contribution < 1.29 is 14.6 Å². The summed E-state index contributed by atoms with van der Waals surface area (Å²) in [5, 5.41) is 8.46.